The van der Waals surface area contributed by atoms with E-state index in [1.807, 2.05) is 90.1 Å². The van der Waals surface area contributed by atoms with Crippen molar-refractivity contribution >= 4 is 30.3 Å². The zero-order valence-corrected chi connectivity index (χ0v) is 23.2. The number of benzene rings is 2. The Kier molecular flexibility index (Phi) is 6.80. The van der Waals surface area contributed by atoms with E-state index in [0.29, 0.717) is 12.2 Å². The number of carbonyl (C=O) groups excluding carboxylic acids is 1. The number of hydrogen-bond donors (Lipinski definition) is 3. The third-order valence-corrected chi connectivity index (χ3v) is 8.08. The first kappa shape index (κ1) is 27.0. The van der Waals surface area contributed by atoms with Crippen molar-refractivity contribution in [2.45, 2.75) is 71.2 Å². The summed E-state index contributed by atoms with van der Waals surface area (Å²) in [6.45, 7) is 11.8. The first-order valence-corrected chi connectivity index (χ1v) is 13.3. The predicted molar refractivity (Wildman–Crippen MR) is 150 cm³/mol. The molecule has 3 heterocycles. The Bertz CT molecular complexity index is 1370. The minimum atomic E-state index is -1.23. The topological polar surface area (TPSA) is 117 Å². The van der Waals surface area contributed by atoms with Gasteiger partial charge in [0, 0.05) is 12.1 Å². The second kappa shape index (κ2) is 9.84. The summed E-state index contributed by atoms with van der Waals surface area (Å²) < 4.78 is 12.3. The molecule has 3 aromatic rings. The van der Waals surface area contributed by atoms with Crippen molar-refractivity contribution in [2.24, 2.45) is 5.92 Å². The first-order chi connectivity index (χ1) is 18.4. The van der Waals surface area contributed by atoms with Crippen LogP contribution in [0.4, 0.5) is 10.5 Å². The van der Waals surface area contributed by atoms with Crippen molar-refractivity contribution in [1.82, 2.24) is 15.3 Å². The van der Waals surface area contributed by atoms with Gasteiger partial charge < -0.3 is 24.7 Å². The monoisotopic (exact) mass is 530 g/mol. The van der Waals surface area contributed by atoms with Crippen LogP contribution < -0.4 is 15.7 Å². The van der Waals surface area contributed by atoms with Gasteiger partial charge >= 0.3 is 13.2 Å². The third-order valence-electron chi connectivity index (χ3n) is 8.08. The van der Waals surface area contributed by atoms with Crippen LogP contribution in [0.2, 0.25) is 0 Å². The molecule has 39 heavy (non-hydrogen) atoms. The molecule has 2 atom stereocenters. The highest BCUT2D eigenvalue weighted by Gasteiger charge is 2.51. The zero-order valence-electron chi connectivity index (χ0n) is 23.2. The molecule has 10 heteroatoms. The number of H-pyrrole nitrogens is 1. The van der Waals surface area contributed by atoms with Crippen LogP contribution in [-0.4, -0.2) is 51.4 Å². The molecule has 0 aliphatic carbocycles. The Morgan fingerprint density at radius 2 is 1.72 bits per heavy atom. The Labute approximate surface area is 229 Å². The van der Waals surface area contributed by atoms with Gasteiger partial charge in [-0.2, -0.15) is 0 Å². The highest BCUT2D eigenvalue weighted by Crippen LogP contribution is 2.41. The first-order valence-electron chi connectivity index (χ1n) is 13.3. The lowest BCUT2D eigenvalue weighted by Gasteiger charge is -2.32. The van der Waals surface area contributed by atoms with Crippen molar-refractivity contribution < 1.29 is 24.0 Å². The molecule has 2 aromatic carbocycles. The van der Waals surface area contributed by atoms with Crippen LogP contribution in [0.5, 0.6) is 0 Å². The molecule has 5 rings (SSSR count). The fourth-order valence-corrected chi connectivity index (χ4v) is 5.13. The fraction of sp³-hybridized carbons (Fsp3) is 0.414. The average Bonchev–Trinajstić information content (AvgIpc) is 3.56. The summed E-state index contributed by atoms with van der Waals surface area (Å²) in [7, 11) is -0.439. The third kappa shape index (κ3) is 4.94. The van der Waals surface area contributed by atoms with E-state index in [-0.39, 0.29) is 17.9 Å². The van der Waals surface area contributed by atoms with E-state index in [0.717, 1.165) is 28.0 Å². The second-order valence-electron chi connectivity index (χ2n) is 11.6. The standard InChI is InChI=1S/C29H35BN4O5/c1-17(2)24(33-27(36)37)26(35)34-22-10-8-7-9-19(22)15-23(34)25-31-16-21(32-25)18-11-13-20(14-12-18)30-38-28(3,4)29(5,6)39-30/h7-14,16-17,23-24,33H,15H2,1-6H3,(H,31,32)(H,36,37)/t23-,24-/m0/s1. The average molecular weight is 530 g/mol. The zero-order chi connectivity index (χ0) is 28.1. The highest BCUT2D eigenvalue weighted by molar-refractivity contribution is 6.62. The number of rotatable bonds is 6. The summed E-state index contributed by atoms with van der Waals surface area (Å²) in [6, 6.07) is 14.4. The molecule has 204 valence electrons. The van der Waals surface area contributed by atoms with Gasteiger partial charge in [-0.25, -0.2) is 9.78 Å². The number of aromatic amines is 1. The number of carboxylic acid groups (broad SMARTS) is 1. The van der Waals surface area contributed by atoms with Crippen LogP contribution in [0, 0.1) is 5.92 Å². The van der Waals surface area contributed by atoms with Crippen LogP contribution in [0.1, 0.15) is 59.0 Å². The Morgan fingerprint density at radius 1 is 1.08 bits per heavy atom. The number of amides is 2. The number of anilines is 1. The van der Waals surface area contributed by atoms with Crippen molar-refractivity contribution in [3.63, 3.8) is 0 Å². The van der Waals surface area contributed by atoms with E-state index in [1.165, 1.54) is 0 Å². The minimum absolute atomic E-state index is 0.225. The lowest BCUT2D eigenvalue weighted by atomic mass is 9.79. The molecule has 1 saturated heterocycles. The van der Waals surface area contributed by atoms with Gasteiger partial charge in [-0.1, -0.05) is 56.3 Å². The van der Waals surface area contributed by atoms with E-state index in [4.69, 9.17) is 9.31 Å². The Morgan fingerprint density at radius 3 is 2.33 bits per heavy atom. The number of fused-ring (bicyclic) bond motifs is 1. The summed E-state index contributed by atoms with van der Waals surface area (Å²) in [4.78, 5) is 34.9. The van der Waals surface area contributed by atoms with Crippen molar-refractivity contribution in [2.75, 3.05) is 4.90 Å². The number of para-hydroxylation sites is 1. The van der Waals surface area contributed by atoms with E-state index < -0.39 is 30.5 Å². The SMILES string of the molecule is CC(C)[C@H](NC(=O)O)C(=O)N1c2ccccc2C[C@H]1c1ncc(-c2ccc(B3OC(C)(C)C(C)(C)O3)cc2)[nH]1. The van der Waals surface area contributed by atoms with E-state index >= 15 is 0 Å². The maximum Gasteiger partial charge on any atom is 0.494 e. The lowest BCUT2D eigenvalue weighted by Crippen LogP contribution is -2.51. The van der Waals surface area contributed by atoms with Crippen LogP contribution in [-0.2, 0) is 20.5 Å². The van der Waals surface area contributed by atoms with E-state index in [9.17, 15) is 14.7 Å². The van der Waals surface area contributed by atoms with Gasteiger partial charge in [0.1, 0.15) is 11.9 Å². The highest BCUT2D eigenvalue weighted by atomic mass is 16.7. The molecular weight excluding hydrogens is 495 g/mol. The van der Waals surface area contributed by atoms with Gasteiger partial charge in [0.15, 0.2) is 0 Å². The van der Waals surface area contributed by atoms with E-state index in [2.05, 4.69) is 15.3 Å². The molecule has 0 saturated carbocycles. The lowest BCUT2D eigenvalue weighted by molar-refractivity contribution is -0.121. The molecule has 0 spiro atoms. The summed E-state index contributed by atoms with van der Waals surface area (Å²) in [5.74, 6) is 0.117. The summed E-state index contributed by atoms with van der Waals surface area (Å²) >= 11 is 0. The molecule has 1 fully saturated rings. The largest absolute Gasteiger partial charge is 0.494 e. The van der Waals surface area contributed by atoms with Crippen LogP contribution in [0.15, 0.2) is 54.7 Å². The molecule has 2 aliphatic heterocycles. The molecule has 0 unspecified atom stereocenters. The number of aromatic nitrogens is 2. The van der Waals surface area contributed by atoms with Gasteiger partial charge in [0.25, 0.3) is 5.91 Å². The Hall–Kier alpha value is -3.63. The molecule has 2 amide bonds. The minimum Gasteiger partial charge on any atom is -0.465 e. The molecule has 2 aliphatic rings. The molecule has 0 bridgehead atoms. The maximum atomic E-state index is 13.7. The van der Waals surface area contributed by atoms with Crippen LogP contribution in [0.3, 0.4) is 0 Å². The number of hydrogen-bond acceptors (Lipinski definition) is 5. The van der Waals surface area contributed by atoms with Crippen molar-refractivity contribution in [1.29, 1.82) is 0 Å². The number of carbonyl (C=O) groups is 2. The summed E-state index contributed by atoms with van der Waals surface area (Å²) in [5, 5.41) is 11.8. The van der Waals surface area contributed by atoms with Crippen LogP contribution in [0.25, 0.3) is 11.3 Å². The van der Waals surface area contributed by atoms with Crippen molar-refractivity contribution in [3.8, 4) is 11.3 Å². The smallest absolute Gasteiger partial charge is 0.465 e. The molecule has 0 radical (unpaired) electrons. The van der Waals surface area contributed by atoms with E-state index in [1.54, 1.807) is 11.1 Å². The summed E-state index contributed by atoms with van der Waals surface area (Å²) in [5.41, 5.74) is 3.66. The Balaban J connectivity index is 1.40. The quantitative estimate of drug-likeness (QED) is 0.410. The number of imidazole rings is 1. The predicted octanol–water partition coefficient (Wildman–Crippen LogP) is 4.30. The second-order valence-corrected chi connectivity index (χ2v) is 11.6. The van der Waals surface area contributed by atoms with Crippen molar-refractivity contribution in [3.05, 3.63) is 66.1 Å². The van der Waals surface area contributed by atoms with Gasteiger partial charge in [0.2, 0.25) is 0 Å². The fourth-order valence-electron chi connectivity index (χ4n) is 5.13. The molecular formula is C29H35BN4O5. The van der Waals surface area contributed by atoms with Gasteiger partial charge in [0.05, 0.1) is 29.1 Å². The maximum absolute atomic E-state index is 13.7. The molecule has 3 N–H and O–H groups in total. The van der Waals surface area contributed by atoms with Gasteiger partial charge in [-0.3, -0.25) is 9.69 Å². The number of nitrogens with zero attached hydrogens (tertiary/aromatic N) is 2. The van der Waals surface area contributed by atoms with Gasteiger partial charge in [-0.05, 0) is 56.3 Å². The number of nitrogens with one attached hydrogen (secondary N) is 2. The molecule has 1 aromatic heterocycles. The van der Waals surface area contributed by atoms with Gasteiger partial charge in [-0.15, -0.1) is 0 Å². The van der Waals surface area contributed by atoms with Crippen LogP contribution >= 0.6 is 0 Å². The molecule has 9 nitrogen and oxygen atoms in total. The normalized spacial score (nSPS) is 20.2. The summed E-state index contributed by atoms with van der Waals surface area (Å²) in [6.07, 6.45) is 1.11.